The second-order valence-corrected chi connectivity index (χ2v) is 11.9. The predicted octanol–water partition coefficient (Wildman–Crippen LogP) is 6.89. The summed E-state index contributed by atoms with van der Waals surface area (Å²) in [7, 11) is 0. The van der Waals surface area contributed by atoms with Gasteiger partial charge in [0.25, 0.3) is 5.91 Å². The first-order chi connectivity index (χ1) is 24.0. The molecule has 1 unspecified atom stereocenters. The van der Waals surface area contributed by atoms with Crippen molar-refractivity contribution >= 4 is 29.3 Å². The molecule has 0 bridgehead atoms. The zero-order chi connectivity index (χ0) is 35.8. The topological polar surface area (TPSA) is 115 Å². The van der Waals surface area contributed by atoms with Crippen LogP contribution in [0.1, 0.15) is 54.7 Å². The molecular formula is C38H38F3N3O6. The molecule has 4 aromatic rings. The Kier molecular flexibility index (Phi) is 11.6. The quantitative estimate of drug-likeness (QED) is 0.0951. The highest BCUT2D eigenvalue weighted by molar-refractivity contribution is 6.09. The highest BCUT2D eigenvalue weighted by Crippen LogP contribution is 2.35. The van der Waals surface area contributed by atoms with Crippen LogP contribution in [0.5, 0.6) is 5.75 Å². The summed E-state index contributed by atoms with van der Waals surface area (Å²) in [5.74, 6) is -1.95. The number of hydrogen-bond acceptors (Lipinski definition) is 6. The van der Waals surface area contributed by atoms with Crippen LogP contribution in [0, 0.1) is 12.1 Å². The Labute approximate surface area is 288 Å². The van der Waals surface area contributed by atoms with Crippen molar-refractivity contribution in [2.45, 2.75) is 45.4 Å². The SMILES string of the molecule is CCCCOCCOc1ccc(-c2ccc3c(c2)C=C(C(=O)Nc2ccc(C(O)c4c(C)ccc[n+]4[O-])cc2)CCN3C(=O)C(F)(F)F)cc1. The summed E-state index contributed by atoms with van der Waals surface area (Å²) in [6.45, 7) is 4.97. The average Bonchev–Trinajstić information content (AvgIpc) is 3.29. The number of alkyl halides is 3. The van der Waals surface area contributed by atoms with Crippen LogP contribution >= 0.6 is 0 Å². The summed E-state index contributed by atoms with van der Waals surface area (Å²) in [6, 6.07) is 21.5. The van der Waals surface area contributed by atoms with Gasteiger partial charge in [-0.2, -0.15) is 17.9 Å². The van der Waals surface area contributed by atoms with Crippen LogP contribution in [-0.4, -0.2) is 49.5 Å². The Hall–Kier alpha value is -5.20. The van der Waals surface area contributed by atoms with E-state index in [0.717, 1.165) is 18.4 Å². The number of benzene rings is 3. The van der Waals surface area contributed by atoms with Crippen molar-refractivity contribution in [3.05, 3.63) is 118 Å². The number of halogens is 3. The fraction of sp³-hybridized carbons (Fsp3) is 0.289. The first-order valence-corrected chi connectivity index (χ1v) is 16.3. The molecule has 2 heterocycles. The van der Waals surface area contributed by atoms with Crippen molar-refractivity contribution in [3.8, 4) is 16.9 Å². The number of nitrogens with zero attached hydrogens (tertiary/aromatic N) is 2. The maximum absolute atomic E-state index is 13.6. The molecule has 12 heteroatoms. The van der Waals surface area contributed by atoms with Crippen LogP contribution in [0.4, 0.5) is 24.5 Å². The van der Waals surface area contributed by atoms with Crippen molar-refractivity contribution in [3.63, 3.8) is 0 Å². The summed E-state index contributed by atoms with van der Waals surface area (Å²) >= 11 is 0. The minimum Gasteiger partial charge on any atom is -0.618 e. The van der Waals surface area contributed by atoms with Crippen molar-refractivity contribution in [2.24, 2.45) is 0 Å². The van der Waals surface area contributed by atoms with E-state index in [1.54, 1.807) is 67.6 Å². The average molecular weight is 690 g/mol. The monoisotopic (exact) mass is 689 g/mol. The van der Waals surface area contributed by atoms with Crippen molar-refractivity contribution < 1.29 is 42.1 Å². The van der Waals surface area contributed by atoms with Gasteiger partial charge in [0.1, 0.15) is 12.4 Å². The maximum atomic E-state index is 13.6. The van der Waals surface area contributed by atoms with Gasteiger partial charge in [-0.25, -0.2) is 0 Å². The number of pyridine rings is 1. The number of hydrogen-bond donors (Lipinski definition) is 2. The Morgan fingerprint density at radius 1 is 1.00 bits per heavy atom. The first-order valence-electron chi connectivity index (χ1n) is 16.3. The van der Waals surface area contributed by atoms with Gasteiger partial charge in [-0.3, -0.25) is 9.59 Å². The van der Waals surface area contributed by atoms with Gasteiger partial charge in [-0.1, -0.05) is 43.7 Å². The number of fused-ring (bicyclic) bond motifs is 1. The number of rotatable bonds is 12. The fourth-order valence-corrected chi connectivity index (χ4v) is 5.62. The van der Waals surface area contributed by atoms with E-state index < -0.39 is 24.1 Å². The summed E-state index contributed by atoms with van der Waals surface area (Å²) in [5.41, 5.74) is 3.47. The number of amides is 2. The third kappa shape index (κ3) is 8.68. The molecule has 1 aliphatic rings. The number of nitrogens with one attached hydrogen (secondary N) is 1. The van der Waals surface area contributed by atoms with E-state index in [4.69, 9.17) is 9.47 Å². The molecule has 0 aliphatic carbocycles. The van der Waals surface area contributed by atoms with Crippen molar-refractivity contribution in [1.82, 2.24) is 0 Å². The largest absolute Gasteiger partial charge is 0.618 e. The number of unbranched alkanes of at least 4 members (excludes halogenated alkanes) is 1. The van der Waals surface area contributed by atoms with E-state index in [0.29, 0.717) is 57.6 Å². The molecule has 262 valence electrons. The molecule has 2 amide bonds. The highest BCUT2D eigenvalue weighted by Gasteiger charge is 2.44. The standard InChI is InChI=1S/C38H38F3N3O6/c1-3-4-20-49-21-22-50-32-14-9-26(10-15-32)28-11-16-33-30(23-28)24-29(17-19-43(33)37(47)38(39,40)41)36(46)42-31-12-7-27(8-13-31)35(45)34-25(2)6-5-18-44(34)48/h5-16,18,23-24,35,45H,3-4,17,19-22H2,1-2H3,(H,42,46). The Balaban J connectivity index is 1.35. The van der Waals surface area contributed by atoms with Gasteiger partial charge >= 0.3 is 12.1 Å². The summed E-state index contributed by atoms with van der Waals surface area (Å²) in [4.78, 5) is 26.6. The summed E-state index contributed by atoms with van der Waals surface area (Å²) in [5, 5.41) is 25.8. The molecule has 3 aromatic carbocycles. The second-order valence-electron chi connectivity index (χ2n) is 11.9. The Bertz CT molecular complexity index is 1820. The molecule has 2 N–H and O–H groups in total. The third-order valence-electron chi connectivity index (χ3n) is 8.31. The van der Waals surface area contributed by atoms with Crippen LogP contribution in [0.2, 0.25) is 0 Å². The minimum atomic E-state index is -5.12. The molecule has 0 saturated heterocycles. The summed E-state index contributed by atoms with van der Waals surface area (Å²) in [6.07, 6.45) is -1.63. The van der Waals surface area contributed by atoms with Crippen LogP contribution in [0.25, 0.3) is 17.2 Å². The highest BCUT2D eigenvalue weighted by atomic mass is 19.4. The number of aliphatic hydroxyl groups excluding tert-OH is 1. The lowest BCUT2D eigenvalue weighted by Crippen LogP contribution is -2.42. The van der Waals surface area contributed by atoms with Gasteiger partial charge < -0.3 is 30.0 Å². The van der Waals surface area contributed by atoms with Crippen LogP contribution in [0.3, 0.4) is 0 Å². The summed E-state index contributed by atoms with van der Waals surface area (Å²) < 4.78 is 52.8. The van der Waals surface area contributed by atoms with E-state index in [9.17, 15) is 33.1 Å². The Morgan fingerprint density at radius 3 is 2.40 bits per heavy atom. The van der Waals surface area contributed by atoms with E-state index in [2.05, 4.69) is 12.2 Å². The van der Waals surface area contributed by atoms with E-state index in [-0.39, 0.29) is 35.5 Å². The number of aromatic nitrogens is 1. The molecule has 0 fully saturated rings. The number of anilines is 2. The van der Waals surface area contributed by atoms with Gasteiger partial charge in [0.15, 0.2) is 12.3 Å². The maximum Gasteiger partial charge on any atom is 0.471 e. The van der Waals surface area contributed by atoms with Crippen LogP contribution < -0.4 is 19.7 Å². The normalized spacial score (nSPS) is 13.6. The number of carbonyl (C=O) groups is 2. The Morgan fingerprint density at radius 2 is 1.72 bits per heavy atom. The van der Waals surface area contributed by atoms with Gasteiger partial charge in [0, 0.05) is 36.0 Å². The molecule has 50 heavy (non-hydrogen) atoms. The van der Waals surface area contributed by atoms with Gasteiger partial charge in [0.05, 0.1) is 12.3 Å². The smallest absolute Gasteiger partial charge is 0.471 e. The predicted molar refractivity (Wildman–Crippen MR) is 183 cm³/mol. The van der Waals surface area contributed by atoms with Crippen LogP contribution in [-0.2, 0) is 14.3 Å². The number of carbonyl (C=O) groups excluding carboxylic acids is 2. The molecular weight excluding hydrogens is 651 g/mol. The first kappa shape index (κ1) is 36.1. The number of aryl methyl sites for hydroxylation is 1. The second kappa shape index (κ2) is 16.0. The van der Waals surface area contributed by atoms with Gasteiger partial charge in [0.2, 0.25) is 5.69 Å². The van der Waals surface area contributed by atoms with Crippen LogP contribution in [0.15, 0.2) is 90.6 Å². The van der Waals surface area contributed by atoms with Crippen molar-refractivity contribution in [1.29, 1.82) is 0 Å². The fourth-order valence-electron chi connectivity index (χ4n) is 5.62. The third-order valence-corrected chi connectivity index (χ3v) is 8.31. The lowest BCUT2D eigenvalue weighted by atomic mass is 10.00. The molecule has 0 spiro atoms. The molecule has 5 rings (SSSR count). The van der Waals surface area contributed by atoms with Crippen molar-refractivity contribution in [2.75, 3.05) is 36.6 Å². The molecule has 9 nitrogen and oxygen atoms in total. The molecule has 1 aliphatic heterocycles. The number of aliphatic hydroxyl groups is 1. The van der Waals surface area contributed by atoms with E-state index in [1.165, 1.54) is 18.3 Å². The molecule has 1 atom stereocenters. The zero-order valence-electron chi connectivity index (χ0n) is 27.7. The number of ether oxygens (including phenoxy) is 2. The zero-order valence-corrected chi connectivity index (χ0v) is 27.7. The lowest BCUT2D eigenvalue weighted by molar-refractivity contribution is -0.618. The molecule has 0 saturated carbocycles. The van der Waals surface area contributed by atoms with E-state index in [1.807, 2.05) is 12.1 Å². The van der Waals surface area contributed by atoms with Gasteiger partial charge in [-0.15, -0.1) is 0 Å². The molecule has 0 radical (unpaired) electrons. The van der Waals surface area contributed by atoms with Gasteiger partial charge in [-0.05, 0) is 90.6 Å². The van der Waals surface area contributed by atoms with E-state index >= 15 is 0 Å². The lowest BCUT2D eigenvalue weighted by Gasteiger charge is -2.24. The minimum absolute atomic E-state index is 0.0343. The molecule has 1 aromatic heterocycles.